The normalized spacial score (nSPS) is 11.7. The van der Waals surface area contributed by atoms with Crippen molar-refractivity contribution in [1.82, 2.24) is 4.31 Å². The second-order valence-electron chi connectivity index (χ2n) is 5.02. The number of ether oxygens (including phenoxy) is 1. The summed E-state index contributed by atoms with van der Waals surface area (Å²) < 4.78 is 45.8. The third kappa shape index (κ3) is 4.31. The fourth-order valence-electron chi connectivity index (χ4n) is 1.99. The highest BCUT2D eigenvalue weighted by molar-refractivity contribution is 9.10. The third-order valence-electron chi connectivity index (χ3n) is 3.34. The number of rotatable bonds is 6. The fourth-order valence-corrected chi connectivity index (χ4v) is 3.90. The van der Waals surface area contributed by atoms with Gasteiger partial charge in [-0.25, -0.2) is 12.8 Å². The van der Waals surface area contributed by atoms with Crippen molar-refractivity contribution in [2.45, 2.75) is 11.8 Å². The molecule has 0 atom stereocenters. The largest absolute Gasteiger partial charge is 0.489 e. The first-order valence-corrected chi connectivity index (χ1v) is 9.15. The minimum atomic E-state index is -3.63. The summed E-state index contributed by atoms with van der Waals surface area (Å²) >= 11 is 3.28. The number of likely N-dealkylation sites (N-methyl/N-ethyl adjacent to an activating group) is 1. The van der Waals surface area contributed by atoms with E-state index in [1.165, 1.54) is 23.5 Å². The zero-order valence-corrected chi connectivity index (χ0v) is 15.2. The monoisotopic (exact) mass is 401 g/mol. The Bertz CT molecular complexity index is 796. The molecule has 0 aliphatic rings. The van der Waals surface area contributed by atoms with Crippen molar-refractivity contribution in [3.63, 3.8) is 0 Å². The van der Waals surface area contributed by atoms with Gasteiger partial charge in [0.1, 0.15) is 6.61 Å². The van der Waals surface area contributed by atoms with Gasteiger partial charge < -0.3 is 4.74 Å². The first kappa shape index (κ1) is 17.9. The number of hydrogen-bond acceptors (Lipinski definition) is 3. The van der Waals surface area contributed by atoms with Crippen LogP contribution in [-0.4, -0.2) is 32.9 Å². The quantitative estimate of drug-likeness (QED) is 0.742. The molecule has 0 saturated heterocycles. The lowest BCUT2D eigenvalue weighted by Crippen LogP contribution is -2.31. The predicted octanol–water partition coefficient (Wildman–Crippen LogP) is 3.60. The third-order valence-corrected chi connectivity index (χ3v) is 5.83. The average molecular weight is 402 g/mol. The zero-order chi connectivity index (χ0) is 17.0. The van der Waals surface area contributed by atoms with Gasteiger partial charge in [-0.3, -0.25) is 0 Å². The lowest BCUT2D eigenvalue weighted by atomic mass is 10.2. The van der Waals surface area contributed by atoms with E-state index in [1.54, 1.807) is 37.3 Å². The molecule has 4 nitrogen and oxygen atoms in total. The van der Waals surface area contributed by atoms with E-state index in [4.69, 9.17) is 4.74 Å². The van der Waals surface area contributed by atoms with Gasteiger partial charge in [-0.2, -0.15) is 4.31 Å². The lowest BCUT2D eigenvalue weighted by molar-refractivity contribution is 0.275. The second-order valence-corrected chi connectivity index (χ2v) is 7.94. The Kier molecular flexibility index (Phi) is 5.78. The van der Waals surface area contributed by atoms with Crippen molar-refractivity contribution in [3.05, 3.63) is 58.3 Å². The molecule has 0 aromatic heterocycles. The molecule has 0 heterocycles. The lowest BCUT2D eigenvalue weighted by Gasteiger charge is -2.19. The van der Waals surface area contributed by atoms with E-state index in [-0.39, 0.29) is 23.8 Å². The summed E-state index contributed by atoms with van der Waals surface area (Å²) in [7, 11) is -2.15. The van der Waals surface area contributed by atoms with Crippen LogP contribution >= 0.6 is 15.9 Å². The van der Waals surface area contributed by atoms with Crippen molar-refractivity contribution in [2.24, 2.45) is 0 Å². The maximum atomic E-state index is 13.4. The molecule has 0 bridgehead atoms. The number of benzene rings is 2. The molecule has 2 rings (SSSR count). The van der Waals surface area contributed by atoms with E-state index >= 15 is 0 Å². The maximum absolute atomic E-state index is 13.4. The van der Waals surface area contributed by atoms with Crippen LogP contribution in [0.2, 0.25) is 0 Å². The topological polar surface area (TPSA) is 46.6 Å². The second kappa shape index (κ2) is 7.42. The Labute approximate surface area is 144 Å². The van der Waals surface area contributed by atoms with Gasteiger partial charge in [-0.05, 0) is 36.8 Å². The van der Waals surface area contributed by atoms with Gasteiger partial charge in [0.25, 0.3) is 0 Å². The summed E-state index contributed by atoms with van der Waals surface area (Å²) in [5.41, 5.74) is 0.662. The molecule has 7 heteroatoms. The van der Waals surface area contributed by atoms with Gasteiger partial charge in [-0.15, -0.1) is 0 Å². The molecule has 2 aromatic carbocycles. The number of halogens is 2. The van der Waals surface area contributed by atoms with Crippen LogP contribution in [0.4, 0.5) is 4.39 Å². The molecule has 0 aliphatic carbocycles. The SMILES string of the molecule is Cc1ccc(Br)cc1S(=O)(=O)N(C)CCOc1ccccc1F. The van der Waals surface area contributed by atoms with Crippen LogP contribution in [-0.2, 0) is 10.0 Å². The van der Waals surface area contributed by atoms with Crippen LogP contribution in [0.15, 0.2) is 51.8 Å². The molecule has 0 unspecified atom stereocenters. The van der Waals surface area contributed by atoms with Gasteiger partial charge in [-0.1, -0.05) is 34.1 Å². The fraction of sp³-hybridized carbons (Fsp3) is 0.250. The average Bonchev–Trinajstić information content (AvgIpc) is 2.51. The molecular formula is C16H17BrFNO3S. The molecule has 0 fully saturated rings. The molecule has 124 valence electrons. The Morgan fingerprint density at radius 2 is 1.91 bits per heavy atom. The molecule has 0 saturated carbocycles. The van der Waals surface area contributed by atoms with E-state index < -0.39 is 15.8 Å². The molecule has 0 spiro atoms. The number of aryl methyl sites for hydroxylation is 1. The predicted molar refractivity (Wildman–Crippen MR) is 90.6 cm³/mol. The first-order valence-electron chi connectivity index (χ1n) is 6.92. The summed E-state index contributed by atoms with van der Waals surface area (Å²) in [6.07, 6.45) is 0. The number of nitrogens with zero attached hydrogens (tertiary/aromatic N) is 1. The highest BCUT2D eigenvalue weighted by atomic mass is 79.9. The van der Waals surface area contributed by atoms with Crippen LogP contribution in [0.25, 0.3) is 0 Å². The van der Waals surface area contributed by atoms with Crippen LogP contribution < -0.4 is 4.74 Å². The maximum Gasteiger partial charge on any atom is 0.243 e. The molecular weight excluding hydrogens is 385 g/mol. The molecule has 23 heavy (non-hydrogen) atoms. The molecule has 0 radical (unpaired) electrons. The van der Waals surface area contributed by atoms with Crippen LogP contribution in [0, 0.1) is 12.7 Å². The van der Waals surface area contributed by atoms with Crippen molar-refractivity contribution < 1.29 is 17.5 Å². The van der Waals surface area contributed by atoms with E-state index in [2.05, 4.69) is 15.9 Å². The van der Waals surface area contributed by atoms with Crippen molar-refractivity contribution in [3.8, 4) is 5.75 Å². The Balaban J connectivity index is 2.06. The Morgan fingerprint density at radius 3 is 2.61 bits per heavy atom. The van der Waals surface area contributed by atoms with Crippen molar-refractivity contribution >= 4 is 26.0 Å². The minimum absolute atomic E-state index is 0.0592. The number of para-hydroxylation sites is 1. The smallest absolute Gasteiger partial charge is 0.243 e. The van der Waals surface area contributed by atoms with Gasteiger partial charge in [0.05, 0.1) is 4.90 Å². The van der Waals surface area contributed by atoms with E-state index in [0.29, 0.717) is 10.0 Å². The Hall–Kier alpha value is -1.44. The molecule has 2 aromatic rings. The number of sulfonamides is 1. The Morgan fingerprint density at radius 1 is 1.22 bits per heavy atom. The highest BCUT2D eigenvalue weighted by Gasteiger charge is 2.23. The van der Waals surface area contributed by atoms with E-state index in [1.807, 2.05) is 0 Å². The van der Waals surface area contributed by atoms with Gasteiger partial charge in [0, 0.05) is 18.1 Å². The van der Waals surface area contributed by atoms with E-state index in [9.17, 15) is 12.8 Å². The van der Waals surface area contributed by atoms with Crippen LogP contribution in [0.3, 0.4) is 0 Å². The van der Waals surface area contributed by atoms with Gasteiger partial charge in [0.2, 0.25) is 10.0 Å². The summed E-state index contributed by atoms with van der Waals surface area (Å²) in [5.74, 6) is -0.363. The number of hydrogen-bond donors (Lipinski definition) is 0. The zero-order valence-electron chi connectivity index (χ0n) is 12.8. The highest BCUT2D eigenvalue weighted by Crippen LogP contribution is 2.23. The van der Waals surface area contributed by atoms with E-state index in [0.717, 1.165) is 0 Å². The van der Waals surface area contributed by atoms with Gasteiger partial charge in [0.15, 0.2) is 11.6 Å². The first-order chi connectivity index (χ1) is 10.8. The standard InChI is InChI=1S/C16H17BrFNO3S/c1-12-7-8-13(17)11-16(12)23(20,21)19(2)9-10-22-15-6-4-3-5-14(15)18/h3-8,11H,9-10H2,1-2H3. The van der Waals surface area contributed by atoms with Crippen LogP contribution in [0.5, 0.6) is 5.75 Å². The van der Waals surface area contributed by atoms with Crippen molar-refractivity contribution in [1.29, 1.82) is 0 Å². The summed E-state index contributed by atoms with van der Waals surface area (Å²) in [6.45, 7) is 1.91. The van der Waals surface area contributed by atoms with Gasteiger partial charge >= 0.3 is 0 Å². The van der Waals surface area contributed by atoms with Crippen molar-refractivity contribution in [2.75, 3.05) is 20.2 Å². The molecule has 0 N–H and O–H groups in total. The molecule has 0 amide bonds. The summed E-state index contributed by atoms with van der Waals surface area (Å²) in [4.78, 5) is 0.236. The minimum Gasteiger partial charge on any atom is -0.489 e. The van der Waals surface area contributed by atoms with Crippen LogP contribution in [0.1, 0.15) is 5.56 Å². The summed E-state index contributed by atoms with van der Waals surface area (Å²) in [5, 5.41) is 0. The summed E-state index contributed by atoms with van der Waals surface area (Å²) in [6, 6.07) is 11.1. The molecule has 0 aliphatic heterocycles.